The number of thiophene rings is 1. The number of hydrogen-bond donors (Lipinski definition) is 1. The van der Waals surface area contributed by atoms with Crippen molar-refractivity contribution in [3.63, 3.8) is 0 Å². The van der Waals surface area contributed by atoms with Gasteiger partial charge >= 0.3 is 0 Å². The van der Waals surface area contributed by atoms with Crippen molar-refractivity contribution < 1.29 is 4.79 Å². The average molecular weight is 345 g/mol. The van der Waals surface area contributed by atoms with Crippen LogP contribution in [0.2, 0.25) is 5.02 Å². The van der Waals surface area contributed by atoms with Crippen LogP contribution in [0.1, 0.15) is 10.4 Å². The van der Waals surface area contributed by atoms with E-state index in [1.165, 1.54) is 0 Å². The second-order valence-corrected chi connectivity index (χ2v) is 6.24. The van der Waals surface area contributed by atoms with Crippen LogP contribution in [0.15, 0.2) is 34.1 Å². The van der Waals surface area contributed by atoms with Gasteiger partial charge in [0.1, 0.15) is 0 Å². The summed E-state index contributed by atoms with van der Waals surface area (Å²) in [6.45, 7) is 1.91. The Hall–Kier alpha value is -0.840. The molecule has 0 atom stereocenters. The summed E-state index contributed by atoms with van der Waals surface area (Å²) in [5.41, 5.74) is 1.62. The van der Waals surface area contributed by atoms with Gasteiger partial charge in [-0.15, -0.1) is 11.3 Å². The molecule has 0 aliphatic rings. The van der Waals surface area contributed by atoms with Gasteiger partial charge < -0.3 is 5.32 Å². The van der Waals surface area contributed by atoms with Crippen molar-refractivity contribution in [2.75, 3.05) is 5.32 Å². The van der Waals surface area contributed by atoms with E-state index in [0.717, 1.165) is 14.9 Å². The van der Waals surface area contributed by atoms with Crippen LogP contribution in [0.25, 0.3) is 0 Å². The highest BCUT2D eigenvalue weighted by atomic mass is 79.9. The van der Waals surface area contributed by atoms with Gasteiger partial charge in [0.25, 0.3) is 0 Å². The summed E-state index contributed by atoms with van der Waals surface area (Å²) in [5, 5.41) is 5.36. The van der Waals surface area contributed by atoms with Gasteiger partial charge in [0.2, 0.25) is 5.91 Å². The van der Waals surface area contributed by atoms with Gasteiger partial charge in [0.05, 0.1) is 17.1 Å². The van der Waals surface area contributed by atoms with Crippen molar-refractivity contribution in [1.82, 2.24) is 0 Å². The minimum absolute atomic E-state index is 0.0511. The number of rotatable bonds is 3. The summed E-state index contributed by atoms with van der Waals surface area (Å²) in [5.74, 6) is -0.0511. The van der Waals surface area contributed by atoms with Crippen LogP contribution in [0.5, 0.6) is 0 Å². The molecular formula is C13H11BrClNOS. The molecule has 1 heterocycles. The Balaban J connectivity index is 2.12. The van der Waals surface area contributed by atoms with Crippen LogP contribution in [0.4, 0.5) is 5.69 Å². The molecule has 0 radical (unpaired) electrons. The van der Waals surface area contributed by atoms with Gasteiger partial charge in [-0.3, -0.25) is 4.79 Å². The fourth-order valence-corrected chi connectivity index (χ4v) is 3.34. The first-order valence-electron chi connectivity index (χ1n) is 5.34. The quantitative estimate of drug-likeness (QED) is 0.862. The topological polar surface area (TPSA) is 29.1 Å². The standard InChI is InChI=1S/C13H11BrClNOS/c1-8-5-9(14)6-11(15)13(8)16-12(17)7-10-3-2-4-18-10/h2-6H,7H2,1H3,(H,16,17). The zero-order chi connectivity index (χ0) is 13.1. The summed E-state index contributed by atoms with van der Waals surface area (Å²) >= 11 is 11.1. The Morgan fingerprint density at radius 1 is 1.50 bits per heavy atom. The van der Waals surface area contributed by atoms with Crippen molar-refractivity contribution in [2.24, 2.45) is 0 Å². The Kier molecular flexibility index (Phi) is 4.43. The highest BCUT2D eigenvalue weighted by molar-refractivity contribution is 9.10. The summed E-state index contributed by atoms with van der Waals surface area (Å²) in [7, 11) is 0. The van der Waals surface area contributed by atoms with E-state index in [2.05, 4.69) is 21.2 Å². The first-order chi connectivity index (χ1) is 8.56. The highest BCUT2D eigenvalue weighted by Crippen LogP contribution is 2.30. The number of anilines is 1. The van der Waals surface area contributed by atoms with Crippen LogP contribution in [-0.2, 0) is 11.2 Å². The third kappa shape index (κ3) is 3.34. The molecule has 0 aliphatic heterocycles. The maximum atomic E-state index is 11.9. The first-order valence-corrected chi connectivity index (χ1v) is 7.39. The third-order valence-electron chi connectivity index (χ3n) is 2.43. The molecule has 0 fully saturated rings. The van der Waals surface area contributed by atoms with Gasteiger partial charge in [-0.2, -0.15) is 0 Å². The number of amides is 1. The van der Waals surface area contributed by atoms with Crippen molar-refractivity contribution >= 4 is 50.5 Å². The van der Waals surface area contributed by atoms with Crippen LogP contribution >= 0.6 is 38.9 Å². The Morgan fingerprint density at radius 3 is 2.89 bits per heavy atom. The fraction of sp³-hybridized carbons (Fsp3) is 0.154. The molecule has 2 aromatic rings. The molecule has 1 aromatic carbocycles. The fourth-order valence-electron chi connectivity index (χ4n) is 1.62. The Morgan fingerprint density at radius 2 is 2.28 bits per heavy atom. The molecule has 0 saturated heterocycles. The summed E-state index contributed by atoms with van der Waals surface area (Å²) in [4.78, 5) is 12.9. The zero-order valence-corrected chi connectivity index (χ0v) is 12.8. The van der Waals surface area contributed by atoms with Crippen LogP contribution < -0.4 is 5.32 Å². The van der Waals surface area contributed by atoms with E-state index in [1.807, 2.05) is 30.5 Å². The number of nitrogens with one attached hydrogen (secondary N) is 1. The number of aryl methyl sites for hydroxylation is 1. The molecule has 0 aliphatic carbocycles. The number of benzene rings is 1. The molecule has 5 heteroatoms. The lowest BCUT2D eigenvalue weighted by molar-refractivity contribution is -0.115. The molecular weight excluding hydrogens is 334 g/mol. The Labute approximate surface area is 123 Å². The van der Waals surface area contributed by atoms with E-state index in [9.17, 15) is 4.79 Å². The van der Waals surface area contributed by atoms with E-state index >= 15 is 0 Å². The maximum Gasteiger partial charge on any atom is 0.229 e. The second kappa shape index (κ2) is 5.87. The summed E-state index contributed by atoms with van der Waals surface area (Å²) in [6, 6.07) is 7.58. The highest BCUT2D eigenvalue weighted by Gasteiger charge is 2.10. The normalized spacial score (nSPS) is 10.4. The molecule has 2 rings (SSSR count). The maximum absolute atomic E-state index is 11.9. The smallest absolute Gasteiger partial charge is 0.229 e. The molecule has 18 heavy (non-hydrogen) atoms. The van der Waals surface area contributed by atoms with Gasteiger partial charge in [0, 0.05) is 9.35 Å². The van der Waals surface area contributed by atoms with Crippen LogP contribution in [-0.4, -0.2) is 5.91 Å². The zero-order valence-electron chi connectivity index (χ0n) is 9.67. The van der Waals surface area contributed by atoms with Gasteiger partial charge in [0.15, 0.2) is 0 Å². The Bertz CT molecular complexity index is 545. The van der Waals surface area contributed by atoms with E-state index in [0.29, 0.717) is 17.1 Å². The van der Waals surface area contributed by atoms with Crippen LogP contribution in [0.3, 0.4) is 0 Å². The lowest BCUT2D eigenvalue weighted by Crippen LogP contribution is -2.14. The monoisotopic (exact) mass is 343 g/mol. The minimum Gasteiger partial charge on any atom is -0.324 e. The summed E-state index contributed by atoms with van der Waals surface area (Å²) in [6.07, 6.45) is 0.378. The lowest BCUT2D eigenvalue weighted by Gasteiger charge is -2.10. The van der Waals surface area contributed by atoms with E-state index in [1.54, 1.807) is 17.4 Å². The SMILES string of the molecule is Cc1cc(Br)cc(Cl)c1NC(=O)Cc1cccs1. The molecule has 0 unspecified atom stereocenters. The minimum atomic E-state index is -0.0511. The molecule has 0 saturated carbocycles. The van der Waals surface area contributed by atoms with Crippen molar-refractivity contribution in [1.29, 1.82) is 0 Å². The molecule has 0 bridgehead atoms. The molecule has 2 nitrogen and oxygen atoms in total. The summed E-state index contributed by atoms with van der Waals surface area (Å²) < 4.78 is 0.904. The number of hydrogen-bond acceptors (Lipinski definition) is 2. The third-order valence-corrected chi connectivity index (χ3v) is 4.06. The van der Waals surface area contributed by atoms with Crippen LogP contribution in [0, 0.1) is 6.92 Å². The molecule has 1 N–H and O–H groups in total. The number of carbonyl (C=O) groups is 1. The van der Waals surface area contributed by atoms with E-state index < -0.39 is 0 Å². The largest absolute Gasteiger partial charge is 0.324 e. The number of halogens is 2. The lowest BCUT2D eigenvalue weighted by atomic mass is 10.2. The predicted octanol–water partition coefficient (Wildman–Crippen LogP) is 4.65. The van der Waals surface area contributed by atoms with E-state index in [-0.39, 0.29) is 5.91 Å². The van der Waals surface area contributed by atoms with Gasteiger partial charge in [-0.05, 0) is 36.1 Å². The average Bonchev–Trinajstić information content (AvgIpc) is 2.76. The molecule has 0 spiro atoms. The second-order valence-electron chi connectivity index (χ2n) is 3.88. The van der Waals surface area contributed by atoms with Gasteiger partial charge in [-0.25, -0.2) is 0 Å². The van der Waals surface area contributed by atoms with Crippen molar-refractivity contribution in [3.05, 3.63) is 49.6 Å². The van der Waals surface area contributed by atoms with Gasteiger partial charge in [-0.1, -0.05) is 33.6 Å². The number of carbonyl (C=O) groups excluding carboxylic acids is 1. The van der Waals surface area contributed by atoms with Crippen molar-refractivity contribution in [3.8, 4) is 0 Å². The molecule has 1 aromatic heterocycles. The first kappa shape index (κ1) is 13.6. The predicted molar refractivity (Wildman–Crippen MR) is 80.5 cm³/mol. The van der Waals surface area contributed by atoms with E-state index in [4.69, 9.17) is 11.6 Å². The molecule has 94 valence electrons. The van der Waals surface area contributed by atoms with Crippen molar-refractivity contribution in [2.45, 2.75) is 13.3 Å². The molecule has 1 amide bonds.